The van der Waals surface area contributed by atoms with Gasteiger partial charge in [0.1, 0.15) is 11.2 Å². The van der Waals surface area contributed by atoms with E-state index in [4.69, 9.17) is 0 Å². The molecule has 1 saturated heterocycles. The lowest BCUT2D eigenvalue weighted by Gasteiger charge is -2.24. The van der Waals surface area contributed by atoms with Crippen LogP contribution in [0.2, 0.25) is 0 Å². The number of amides is 1. The van der Waals surface area contributed by atoms with Crippen LogP contribution in [0.3, 0.4) is 0 Å². The Morgan fingerprint density at radius 3 is 2.61 bits per heavy atom. The third kappa shape index (κ3) is 2.59. The molecule has 114 valence electrons. The van der Waals surface area contributed by atoms with E-state index < -0.39 is 0 Å². The lowest BCUT2D eigenvalue weighted by Crippen LogP contribution is -2.27. The molecule has 23 heavy (non-hydrogen) atoms. The van der Waals surface area contributed by atoms with Crippen molar-refractivity contribution in [2.75, 3.05) is 10.7 Å². The lowest BCUT2D eigenvalue weighted by molar-refractivity contribution is -0.115. The van der Waals surface area contributed by atoms with E-state index in [0.717, 1.165) is 22.0 Å². The molecule has 1 heterocycles. The number of rotatable bonds is 2. The molecule has 2 nitrogen and oxygen atoms in total. The van der Waals surface area contributed by atoms with Crippen molar-refractivity contribution >= 4 is 34.1 Å². The predicted octanol–water partition coefficient (Wildman–Crippen LogP) is 4.76. The summed E-state index contributed by atoms with van der Waals surface area (Å²) in [5.74, 6) is 0.189. The number of carbonyl (C=O) groups excluding carboxylic acids is 1. The van der Waals surface area contributed by atoms with Gasteiger partial charge >= 0.3 is 0 Å². The second-order valence-electron chi connectivity index (χ2n) is 5.51. The normalized spacial score (nSPS) is 17.9. The van der Waals surface area contributed by atoms with Gasteiger partial charge in [0.25, 0.3) is 0 Å². The van der Waals surface area contributed by atoms with Crippen molar-refractivity contribution in [3.05, 3.63) is 78.1 Å². The van der Waals surface area contributed by atoms with Crippen LogP contribution in [0.5, 0.6) is 0 Å². The van der Waals surface area contributed by atoms with Gasteiger partial charge in [-0.25, -0.2) is 4.39 Å². The van der Waals surface area contributed by atoms with E-state index in [2.05, 4.69) is 0 Å². The first kappa shape index (κ1) is 14.3. The predicted molar refractivity (Wildman–Crippen MR) is 93.0 cm³/mol. The third-order valence-corrected chi connectivity index (χ3v) is 5.23. The first-order valence-electron chi connectivity index (χ1n) is 7.40. The minimum Gasteiger partial charge on any atom is -0.295 e. The van der Waals surface area contributed by atoms with Crippen LogP contribution in [0.1, 0.15) is 10.9 Å². The van der Waals surface area contributed by atoms with Crippen LogP contribution in [0.15, 0.2) is 66.7 Å². The molecule has 3 aromatic rings. The Kier molecular flexibility index (Phi) is 3.54. The molecule has 0 aliphatic carbocycles. The molecule has 1 fully saturated rings. The molecule has 0 spiro atoms. The highest BCUT2D eigenvalue weighted by atomic mass is 32.2. The van der Waals surface area contributed by atoms with Crippen molar-refractivity contribution in [2.45, 2.75) is 5.37 Å². The first-order valence-corrected chi connectivity index (χ1v) is 8.45. The highest BCUT2D eigenvalue weighted by molar-refractivity contribution is 8.00. The summed E-state index contributed by atoms with van der Waals surface area (Å²) in [5, 5.41) is 2.05. The third-order valence-electron chi connectivity index (χ3n) is 4.01. The zero-order valence-corrected chi connectivity index (χ0v) is 13.1. The molecule has 4 rings (SSSR count). The highest BCUT2D eigenvalue weighted by Crippen LogP contribution is 2.42. The van der Waals surface area contributed by atoms with Crippen molar-refractivity contribution in [3.8, 4) is 0 Å². The smallest absolute Gasteiger partial charge is 0.238 e. The molecule has 0 N–H and O–H groups in total. The summed E-state index contributed by atoms with van der Waals surface area (Å²) in [6, 6.07) is 20.5. The summed E-state index contributed by atoms with van der Waals surface area (Å²) in [6.07, 6.45) is 0. The molecule has 1 atom stereocenters. The first-order chi connectivity index (χ1) is 11.2. The molecule has 1 amide bonds. The maximum Gasteiger partial charge on any atom is 0.238 e. The highest BCUT2D eigenvalue weighted by Gasteiger charge is 2.34. The lowest BCUT2D eigenvalue weighted by atomic mass is 10.1. The van der Waals surface area contributed by atoms with Gasteiger partial charge in [-0.15, -0.1) is 11.8 Å². The van der Waals surface area contributed by atoms with E-state index >= 15 is 0 Å². The van der Waals surface area contributed by atoms with Crippen LogP contribution in [0.25, 0.3) is 10.8 Å². The van der Waals surface area contributed by atoms with Gasteiger partial charge < -0.3 is 0 Å². The van der Waals surface area contributed by atoms with Gasteiger partial charge in [-0.2, -0.15) is 0 Å². The fourth-order valence-electron chi connectivity index (χ4n) is 2.94. The van der Waals surface area contributed by atoms with Crippen LogP contribution in [0.4, 0.5) is 10.1 Å². The summed E-state index contributed by atoms with van der Waals surface area (Å²) in [4.78, 5) is 14.2. The number of anilines is 1. The number of hydrogen-bond donors (Lipinski definition) is 0. The number of halogens is 1. The summed E-state index contributed by atoms with van der Waals surface area (Å²) < 4.78 is 13.5. The molecular formula is C19H14FNOS. The summed E-state index contributed by atoms with van der Waals surface area (Å²) >= 11 is 1.53. The zero-order chi connectivity index (χ0) is 15.8. The standard InChI is InChI=1S/C19H14FNOS/c20-16-7-3-6-15(10-16)19-21(18(22)12-23-19)17-9-8-13-4-1-2-5-14(13)11-17/h1-11,19H,12H2/t19-/m0/s1. The fourth-order valence-corrected chi connectivity index (χ4v) is 4.10. The Labute approximate surface area is 137 Å². The molecule has 0 aromatic heterocycles. The van der Waals surface area contributed by atoms with Gasteiger partial charge in [-0.05, 0) is 40.6 Å². The molecule has 0 bridgehead atoms. The van der Waals surface area contributed by atoms with Crippen molar-refractivity contribution in [2.24, 2.45) is 0 Å². The van der Waals surface area contributed by atoms with Gasteiger partial charge in [0.05, 0.1) is 5.75 Å². The molecule has 1 aliphatic rings. The Bertz CT molecular complexity index is 895. The van der Waals surface area contributed by atoms with E-state index in [9.17, 15) is 9.18 Å². The number of carbonyl (C=O) groups is 1. The van der Waals surface area contributed by atoms with E-state index in [1.807, 2.05) is 48.5 Å². The van der Waals surface area contributed by atoms with Crippen LogP contribution in [-0.2, 0) is 4.79 Å². The van der Waals surface area contributed by atoms with E-state index in [-0.39, 0.29) is 17.1 Å². The Balaban J connectivity index is 1.78. The van der Waals surface area contributed by atoms with Crippen molar-refractivity contribution in [3.63, 3.8) is 0 Å². The number of benzene rings is 3. The molecule has 0 saturated carbocycles. The number of fused-ring (bicyclic) bond motifs is 1. The molecular weight excluding hydrogens is 309 g/mol. The van der Waals surface area contributed by atoms with Crippen molar-refractivity contribution in [1.82, 2.24) is 0 Å². The van der Waals surface area contributed by atoms with Gasteiger partial charge in [0.15, 0.2) is 0 Å². The van der Waals surface area contributed by atoms with E-state index in [0.29, 0.717) is 5.75 Å². The second-order valence-corrected chi connectivity index (χ2v) is 6.58. The van der Waals surface area contributed by atoms with Gasteiger partial charge in [0.2, 0.25) is 5.91 Å². The molecule has 0 radical (unpaired) electrons. The molecule has 1 aliphatic heterocycles. The maximum atomic E-state index is 13.5. The Morgan fingerprint density at radius 2 is 1.78 bits per heavy atom. The number of thioether (sulfide) groups is 1. The topological polar surface area (TPSA) is 20.3 Å². The Morgan fingerprint density at radius 1 is 0.957 bits per heavy atom. The van der Waals surface area contributed by atoms with Gasteiger partial charge in [-0.1, -0.05) is 42.5 Å². The van der Waals surface area contributed by atoms with Crippen LogP contribution in [-0.4, -0.2) is 11.7 Å². The number of hydrogen-bond acceptors (Lipinski definition) is 2. The Hall–Kier alpha value is -2.33. The molecule has 3 aromatic carbocycles. The summed E-state index contributed by atoms with van der Waals surface area (Å²) in [5.41, 5.74) is 1.67. The monoisotopic (exact) mass is 323 g/mol. The fraction of sp³-hybridized carbons (Fsp3) is 0.105. The van der Waals surface area contributed by atoms with Crippen molar-refractivity contribution in [1.29, 1.82) is 0 Å². The number of nitrogens with zero attached hydrogens (tertiary/aromatic N) is 1. The van der Waals surface area contributed by atoms with E-state index in [1.165, 1.54) is 23.9 Å². The molecule has 0 unspecified atom stereocenters. The average molecular weight is 323 g/mol. The minimum atomic E-state index is -0.277. The van der Waals surface area contributed by atoms with E-state index in [1.54, 1.807) is 11.0 Å². The van der Waals surface area contributed by atoms with Gasteiger partial charge in [-0.3, -0.25) is 9.69 Å². The zero-order valence-electron chi connectivity index (χ0n) is 12.3. The summed E-state index contributed by atoms with van der Waals surface area (Å²) in [6.45, 7) is 0. The van der Waals surface area contributed by atoms with Gasteiger partial charge in [0, 0.05) is 5.69 Å². The SMILES string of the molecule is O=C1CS[C@@H](c2cccc(F)c2)N1c1ccc2ccccc2c1. The minimum absolute atomic E-state index is 0.0551. The second kappa shape index (κ2) is 5.70. The van der Waals surface area contributed by atoms with Crippen LogP contribution >= 0.6 is 11.8 Å². The van der Waals surface area contributed by atoms with Crippen LogP contribution < -0.4 is 4.90 Å². The van der Waals surface area contributed by atoms with Crippen LogP contribution in [0, 0.1) is 5.82 Å². The average Bonchev–Trinajstić information content (AvgIpc) is 2.96. The van der Waals surface area contributed by atoms with Crippen molar-refractivity contribution < 1.29 is 9.18 Å². The quantitative estimate of drug-likeness (QED) is 0.678. The maximum absolute atomic E-state index is 13.5. The largest absolute Gasteiger partial charge is 0.295 e. The summed E-state index contributed by atoms with van der Waals surface area (Å²) in [7, 11) is 0. The molecule has 4 heteroatoms.